The van der Waals surface area contributed by atoms with Gasteiger partial charge in [0.1, 0.15) is 11.5 Å². The minimum atomic E-state index is 0.247. The summed E-state index contributed by atoms with van der Waals surface area (Å²) in [6.07, 6.45) is 7.36. The highest BCUT2D eigenvalue weighted by Crippen LogP contribution is 2.32. The molecular formula is C17H23BrO2. The van der Waals surface area contributed by atoms with E-state index in [-0.39, 0.29) is 5.75 Å². The first-order valence-electron chi connectivity index (χ1n) is 6.78. The van der Waals surface area contributed by atoms with Crippen molar-refractivity contribution < 1.29 is 9.84 Å². The van der Waals surface area contributed by atoms with Crippen molar-refractivity contribution in [3.05, 3.63) is 45.5 Å². The molecule has 0 aliphatic heterocycles. The molecule has 0 aromatic heterocycles. The Labute approximate surface area is 130 Å². The summed E-state index contributed by atoms with van der Waals surface area (Å²) < 4.78 is 6.00. The Balaban J connectivity index is 2.73. The molecule has 0 amide bonds. The third-order valence-corrected chi connectivity index (χ3v) is 3.75. The maximum Gasteiger partial charge on any atom is 0.130 e. The molecule has 0 bridgehead atoms. The predicted octanol–water partition coefficient (Wildman–Crippen LogP) is 5.40. The average Bonchev–Trinajstić information content (AvgIpc) is 2.39. The Morgan fingerprint density at radius 1 is 1.25 bits per heavy atom. The van der Waals surface area contributed by atoms with Gasteiger partial charge in [-0.05, 0) is 68.1 Å². The fourth-order valence-corrected chi connectivity index (χ4v) is 2.23. The fraction of sp³-hybridized carbons (Fsp3) is 0.412. The summed E-state index contributed by atoms with van der Waals surface area (Å²) in [5.74, 6) is 1.04. The van der Waals surface area contributed by atoms with Crippen molar-refractivity contribution in [2.75, 3.05) is 7.11 Å². The molecule has 0 atom stereocenters. The van der Waals surface area contributed by atoms with Gasteiger partial charge in [-0.25, -0.2) is 0 Å². The summed E-state index contributed by atoms with van der Waals surface area (Å²) in [6.45, 7) is 6.38. The molecule has 0 aliphatic carbocycles. The van der Waals surface area contributed by atoms with Gasteiger partial charge >= 0.3 is 0 Å². The molecule has 0 aliphatic rings. The second-order valence-corrected chi connectivity index (χ2v) is 6.04. The molecule has 1 aromatic rings. The van der Waals surface area contributed by atoms with Crippen LogP contribution in [0.15, 0.2) is 39.9 Å². The van der Waals surface area contributed by atoms with E-state index >= 15 is 0 Å². The Hall–Kier alpha value is -1.22. The van der Waals surface area contributed by atoms with Gasteiger partial charge in [0.05, 0.1) is 11.6 Å². The largest absolute Gasteiger partial charge is 0.507 e. The third-order valence-electron chi connectivity index (χ3n) is 3.11. The van der Waals surface area contributed by atoms with E-state index in [4.69, 9.17) is 4.74 Å². The molecule has 1 rings (SSSR count). The molecule has 0 radical (unpaired) electrons. The van der Waals surface area contributed by atoms with Crippen LogP contribution in [0.3, 0.4) is 0 Å². The molecule has 0 saturated heterocycles. The summed E-state index contributed by atoms with van der Waals surface area (Å²) in [7, 11) is 1.65. The first-order valence-corrected chi connectivity index (χ1v) is 7.57. The van der Waals surface area contributed by atoms with Crippen LogP contribution < -0.4 is 4.74 Å². The number of halogens is 1. The number of methoxy groups -OCH3 is 1. The zero-order valence-corrected chi connectivity index (χ0v) is 14.3. The summed E-state index contributed by atoms with van der Waals surface area (Å²) in [4.78, 5) is 0. The highest BCUT2D eigenvalue weighted by atomic mass is 79.9. The van der Waals surface area contributed by atoms with Crippen LogP contribution in [-0.4, -0.2) is 12.2 Å². The highest BCUT2D eigenvalue weighted by Gasteiger charge is 2.07. The summed E-state index contributed by atoms with van der Waals surface area (Å²) in [5.41, 5.74) is 3.71. The van der Waals surface area contributed by atoms with Crippen molar-refractivity contribution in [3.63, 3.8) is 0 Å². The normalized spacial score (nSPS) is 11.3. The first kappa shape index (κ1) is 16.8. The summed E-state index contributed by atoms with van der Waals surface area (Å²) in [5, 5.41) is 9.76. The van der Waals surface area contributed by atoms with Gasteiger partial charge in [0.2, 0.25) is 0 Å². The molecule has 0 fully saturated rings. The predicted molar refractivity (Wildman–Crippen MR) is 88.5 cm³/mol. The van der Waals surface area contributed by atoms with Crippen LogP contribution >= 0.6 is 15.9 Å². The lowest BCUT2D eigenvalue weighted by atomic mass is 10.1. The second kappa shape index (κ2) is 8.15. The van der Waals surface area contributed by atoms with E-state index in [0.717, 1.165) is 30.6 Å². The van der Waals surface area contributed by atoms with Crippen molar-refractivity contribution in [3.8, 4) is 11.5 Å². The molecule has 2 nitrogen and oxygen atoms in total. The van der Waals surface area contributed by atoms with E-state index in [9.17, 15) is 5.11 Å². The quantitative estimate of drug-likeness (QED) is 0.703. The van der Waals surface area contributed by atoms with Crippen molar-refractivity contribution in [2.24, 2.45) is 0 Å². The van der Waals surface area contributed by atoms with Gasteiger partial charge in [-0.1, -0.05) is 23.3 Å². The SMILES string of the molecule is COc1cc(Br)c(O)cc1CC=C(C)CCC=C(C)C. The number of allylic oxidation sites excluding steroid dienone is 4. The molecule has 20 heavy (non-hydrogen) atoms. The average molecular weight is 339 g/mol. The van der Waals surface area contributed by atoms with Crippen LogP contribution in [0.2, 0.25) is 0 Å². The van der Waals surface area contributed by atoms with Crippen molar-refractivity contribution >= 4 is 15.9 Å². The van der Waals surface area contributed by atoms with Crippen LogP contribution in [-0.2, 0) is 6.42 Å². The maximum atomic E-state index is 9.76. The van der Waals surface area contributed by atoms with Crippen LogP contribution in [0.5, 0.6) is 11.5 Å². The molecule has 0 unspecified atom stereocenters. The van der Waals surface area contributed by atoms with Crippen LogP contribution in [0.4, 0.5) is 0 Å². The maximum absolute atomic E-state index is 9.76. The number of aromatic hydroxyl groups is 1. The number of phenols is 1. The van der Waals surface area contributed by atoms with E-state index in [2.05, 4.69) is 48.9 Å². The Morgan fingerprint density at radius 3 is 2.55 bits per heavy atom. The summed E-state index contributed by atoms with van der Waals surface area (Å²) >= 11 is 3.30. The lowest BCUT2D eigenvalue weighted by Gasteiger charge is -2.09. The minimum Gasteiger partial charge on any atom is -0.507 e. The van der Waals surface area contributed by atoms with Crippen molar-refractivity contribution in [1.29, 1.82) is 0 Å². The van der Waals surface area contributed by atoms with Gasteiger partial charge in [-0.3, -0.25) is 0 Å². The van der Waals surface area contributed by atoms with Gasteiger partial charge in [0, 0.05) is 5.56 Å². The molecule has 110 valence electrons. The van der Waals surface area contributed by atoms with Gasteiger partial charge in [-0.15, -0.1) is 0 Å². The van der Waals surface area contributed by atoms with Gasteiger partial charge < -0.3 is 9.84 Å². The van der Waals surface area contributed by atoms with E-state index in [1.807, 2.05) is 0 Å². The standard InChI is InChI=1S/C17H23BrO2/c1-12(2)6-5-7-13(3)8-9-14-10-16(19)15(18)11-17(14)20-4/h6,8,10-11,19H,5,7,9H2,1-4H3. The highest BCUT2D eigenvalue weighted by molar-refractivity contribution is 9.10. The van der Waals surface area contributed by atoms with Crippen molar-refractivity contribution in [2.45, 2.75) is 40.0 Å². The molecule has 1 aromatic carbocycles. The molecule has 0 saturated carbocycles. The monoisotopic (exact) mass is 338 g/mol. The molecule has 1 N–H and O–H groups in total. The molecule has 0 spiro atoms. The Kier molecular flexibility index (Phi) is 6.86. The number of benzene rings is 1. The smallest absolute Gasteiger partial charge is 0.130 e. The molecule has 3 heteroatoms. The van der Waals surface area contributed by atoms with E-state index in [1.165, 1.54) is 11.1 Å². The zero-order valence-electron chi connectivity index (χ0n) is 12.7. The number of phenolic OH excluding ortho intramolecular Hbond substituents is 1. The number of ether oxygens (including phenoxy) is 1. The Bertz CT molecular complexity index is 512. The van der Waals surface area contributed by atoms with Crippen LogP contribution in [0, 0.1) is 0 Å². The van der Waals surface area contributed by atoms with Gasteiger partial charge in [0.15, 0.2) is 0 Å². The first-order chi connectivity index (χ1) is 9.43. The minimum absolute atomic E-state index is 0.247. The van der Waals surface area contributed by atoms with E-state index in [1.54, 1.807) is 19.2 Å². The van der Waals surface area contributed by atoms with Gasteiger partial charge in [-0.2, -0.15) is 0 Å². The van der Waals surface area contributed by atoms with Crippen LogP contribution in [0.25, 0.3) is 0 Å². The summed E-state index contributed by atoms with van der Waals surface area (Å²) in [6, 6.07) is 3.56. The Morgan fingerprint density at radius 2 is 1.95 bits per heavy atom. The number of hydrogen-bond donors (Lipinski definition) is 1. The molecular weight excluding hydrogens is 316 g/mol. The van der Waals surface area contributed by atoms with Gasteiger partial charge in [0.25, 0.3) is 0 Å². The van der Waals surface area contributed by atoms with E-state index < -0.39 is 0 Å². The zero-order chi connectivity index (χ0) is 15.1. The third kappa shape index (κ3) is 5.41. The number of hydrogen-bond acceptors (Lipinski definition) is 2. The second-order valence-electron chi connectivity index (χ2n) is 5.19. The van der Waals surface area contributed by atoms with Crippen LogP contribution in [0.1, 0.15) is 39.2 Å². The lowest BCUT2D eigenvalue weighted by molar-refractivity contribution is 0.407. The fourth-order valence-electron chi connectivity index (χ4n) is 1.91. The van der Waals surface area contributed by atoms with E-state index in [0.29, 0.717) is 4.47 Å². The lowest BCUT2D eigenvalue weighted by Crippen LogP contribution is -1.92. The number of rotatable bonds is 6. The molecule has 0 heterocycles. The topological polar surface area (TPSA) is 29.5 Å². The van der Waals surface area contributed by atoms with Crippen molar-refractivity contribution in [1.82, 2.24) is 0 Å².